The van der Waals surface area contributed by atoms with Crippen LogP contribution in [0.3, 0.4) is 0 Å². The fraction of sp³-hybridized carbons (Fsp3) is 0.400. The SMILES string of the molecule is C=C(C)Oc1ccc2ccccc2c1C1(CCCC)COC1. The lowest BCUT2D eigenvalue weighted by Gasteiger charge is -2.43. The minimum absolute atomic E-state index is 0.0850. The molecule has 2 aromatic rings. The first-order valence-corrected chi connectivity index (χ1v) is 8.09. The smallest absolute Gasteiger partial charge is 0.131 e. The van der Waals surface area contributed by atoms with E-state index in [0.717, 1.165) is 31.1 Å². The number of hydrogen-bond acceptors (Lipinski definition) is 2. The highest BCUT2D eigenvalue weighted by Gasteiger charge is 2.42. The highest BCUT2D eigenvalue weighted by atomic mass is 16.5. The molecule has 116 valence electrons. The van der Waals surface area contributed by atoms with Crippen molar-refractivity contribution in [1.29, 1.82) is 0 Å². The summed E-state index contributed by atoms with van der Waals surface area (Å²) in [7, 11) is 0. The summed E-state index contributed by atoms with van der Waals surface area (Å²) in [5.74, 6) is 1.66. The summed E-state index contributed by atoms with van der Waals surface area (Å²) >= 11 is 0. The first-order valence-electron chi connectivity index (χ1n) is 8.09. The molecule has 2 nitrogen and oxygen atoms in total. The van der Waals surface area contributed by atoms with Gasteiger partial charge >= 0.3 is 0 Å². The minimum atomic E-state index is 0.0850. The third-order valence-electron chi connectivity index (χ3n) is 4.47. The van der Waals surface area contributed by atoms with E-state index in [1.165, 1.54) is 29.2 Å². The Balaban J connectivity index is 2.17. The summed E-state index contributed by atoms with van der Waals surface area (Å²) in [6.45, 7) is 9.61. The fourth-order valence-corrected chi connectivity index (χ4v) is 3.35. The van der Waals surface area contributed by atoms with Crippen molar-refractivity contribution in [3.05, 3.63) is 54.3 Å². The van der Waals surface area contributed by atoms with Crippen molar-refractivity contribution in [2.75, 3.05) is 13.2 Å². The Morgan fingerprint density at radius 1 is 1.23 bits per heavy atom. The maximum atomic E-state index is 5.97. The number of unbranched alkanes of at least 4 members (excludes halogenated alkanes) is 1. The van der Waals surface area contributed by atoms with Gasteiger partial charge in [-0.3, -0.25) is 0 Å². The van der Waals surface area contributed by atoms with Gasteiger partial charge in [-0.15, -0.1) is 0 Å². The van der Waals surface area contributed by atoms with Gasteiger partial charge in [0.2, 0.25) is 0 Å². The molecular weight excluding hydrogens is 272 g/mol. The van der Waals surface area contributed by atoms with Crippen LogP contribution in [0.2, 0.25) is 0 Å². The molecule has 2 aromatic carbocycles. The number of benzene rings is 2. The van der Waals surface area contributed by atoms with E-state index in [0.29, 0.717) is 0 Å². The number of allylic oxidation sites excluding steroid dienone is 1. The molecule has 1 aliphatic heterocycles. The number of rotatable bonds is 6. The molecule has 0 amide bonds. The van der Waals surface area contributed by atoms with Gasteiger partial charge in [0.15, 0.2) is 0 Å². The lowest BCUT2D eigenvalue weighted by atomic mass is 9.72. The highest BCUT2D eigenvalue weighted by Crippen LogP contribution is 2.45. The van der Waals surface area contributed by atoms with E-state index in [1.54, 1.807) is 0 Å². The van der Waals surface area contributed by atoms with Crippen molar-refractivity contribution in [1.82, 2.24) is 0 Å². The van der Waals surface area contributed by atoms with Crippen molar-refractivity contribution in [2.24, 2.45) is 0 Å². The summed E-state index contributed by atoms with van der Waals surface area (Å²) in [5, 5.41) is 2.54. The van der Waals surface area contributed by atoms with Gasteiger partial charge in [-0.1, -0.05) is 56.7 Å². The van der Waals surface area contributed by atoms with E-state index in [2.05, 4.69) is 49.9 Å². The largest absolute Gasteiger partial charge is 0.462 e. The number of fused-ring (bicyclic) bond motifs is 1. The predicted octanol–water partition coefficient (Wildman–Crippen LogP) is 5.21. The molecule has 3 rings (SSSR count). The van der Waals surface area contributed by atoms with Gasteiger partial charge in [-0.2, -0.15) is 0 Å². The Labute approximate surface area is 132 Å². The molecule has 0 bridgehead atoms. The van der Waals surface area contributed by atoms with Crippen LogP contribution in [0.25, 0.3) is 10.8 Å². The first-order chi connectivity index (χ1) is 10.7. The zero-order chi connectivity index (χ0) is 15.6. The second kappa shape index (κ2) is 6.13. The molecule has 22 heavy (non-hydrogen) atoms. The van der Waals surface area contributed by atoms with Gasteiger partial charge in [0, 0.05) is 11.0 Å². The normalized spacial score (nSPS) is 16.3. The molecule has 0 unspecified atom stereocenters. The molecule has 1 fully saturated rings. The molecule has 0 N–H and O–H groups in total. The van der Waals surface area contributed by atoms with E-state index in [4.69, 9.17) is 9.47 Å². The van der Waals surface area contributed by atoms with E-state index < -0.39 is 0 Å². The maximum absolute atomic E-state index is 5.97. The van der Waals surface area contributed by atoms with Crippen molar-refractivity contribution < 1.29 is 9.47 Å². The zero-order valence-corrected chi connectivity index (χ0v) is 13.5. The lowest BCUT2D eigenvalue weighted by Crippen LogP contribution is -2.47. The van der Waals surface area contributed by atoms with Gasteiger partial charge < -0.3 is 9.47 Å². The Morgan fingerprint density at radius 3 is 2.64 bits per heavy atom. The van der Waals surface area contributed by atoms with Crippen molar-refractivity contribution in [3.8, 4) is 5.75 Å². The van der Waals surface area contributed by atoms with Crippen LogP contribution in [0.15, 0.2) is 48.7 Å². The molecule has 0 aromatic heterocycles. The summed E-state index contributed by atoms with van der Waals surface area (Å²) < 4.78 is 11.6. The Morgan fingerprint density at radius 2 is 2.00 bits per heavy atom. The van der Waals surface area contributed by atoms with Crippen LogP contribution in [0, 0.1) is 0 Å². The monoisotopic (exact) mass is 296 g/mol. The second-order valence-corrected chi connectivity index (χ2v) is 6.34. The molecule has 0 spiro atoms. The van der Waals surface area contributed by atoms with Gasteiger partial charge in [-0.25, -0.2) is 0 Å². The molecule has 1 saturated heterocycles. The van der Waals surface area contributed by atoms with Crippen molar-refractivity contribution in [3.63, 3.8) is 0 Å². The molecule has 0 atom stereocenters. The zero-order valence-electron chi connectivity index (χ0n) is 13.5. The Hall–Kier alpha value is -1.80. The molecule has 2 heteroatoms. The van der Waals surface area contributed by atoms with E-state index in [1.807, 2.05) is 6.92 Å². The third-order valence-corrected chi connectivity index (χ3v) is 4.47. The number of ether oxygens (including phenoxy) is 2. The van der Waals surface area contributed by atoms with Crippen LogP contribution in [-0.2, 0) is 10.2 Å². The van der Waals surface area contributed by atoms with Crippen LogP contribution < -0.4 is 4.74 Å². The fourth-order valence-electron chi connectivity index (χ4n) is 3.35. The van der Waals surface area contributed by atoms with Crippen molar-refractivity contribution in [2.45, 2.75) is 38.5 Å². The van der Waals surface area contributed by atoms with E-state index >= 15 is 0 Å². The molecule has 0 aliphatic carbocycles. The quantitative estimate of drug-likeness (QED) is 0.681. The average Bonchev–Trinajstić information content (AvgIpc) is 2.47. The molecule has 1 heterocycles. The van der Waals surface area contributed by atoms with Gasteiger partial charge in [0.1, 0.15) is 5.75 Å². The summed E-state index contributed by atoms with van der Waals surface area (Å²) in [4.78, 5) is 0. The molecule has 0 saturated carbocycles. The second-order valence-electron chi connectivity index (χ2n) is 6.34. The van der Waals surface area contributed by atoms with Crippen LogP contribution in [0.4, 0.5) is 0 Å². The van der Waals surface area contributed by atoms with Crippen LogP contribution in [0.1, 0.15) is 38.7 Å². The number of hydrogen-bond donors (Lipinski definition) is 0. The first kappa shape index (κ1) is 15.1. The van der Waals surface area contributed by atoms with Crippen LogP contribution >= 0.6 is 0 Å². The summed E-state index contributed by atoms with van der Waals surface area (Å²) in [6, 6.07) is 12.8. The van der Waals surface area contributed by atoms with Crippen molar-refractivity contribution >= 4 is 10.8 Å². The summed E-state index contributed by atoms with van der Waals surface area (Å²) in [6.07, 6.45) is 3.55. The maximum Gasteiger partial charge on any atom is 0.131 e. The van der Waals surface area contributed by atoms with Crippen LogP contribution in [0.5, 0.6) is 5.75 Å². The topological polar surface area (TPSA) is 18.5 Å². The standard InChI is InChI=1S/C20H24O2/c1-4-5-12-20(13-21-14-20)19-17-9-7-6-8-16(17)10-11-18(19)22-15(2)3/h6-11H,2,4-5,12-14H2,1,3H3. The minimum Gasteiger partial charge on any atom is -0.462 e. The average molecular weight is 296 g/mol. The van der Waals surface area contributed by atoms with E-state index in [9.17, 15) is 0 Å². The Bertz CT molecular complexity index is 683. The van der Waals surface area contributed by atoms with Crippen LogP contribution in [-0.4, -0.2) is 13.2 Å². The molecular formula is C20H24O2. The predicted molar refractivity (Wildman–Crippen MR) is 91.4 cm³/mol. The summed E-state index contributed by atoms with van der Waals surface area (Å²) in [5.41, 5.74) is 1.38. The van der Waals surface area contributed by atoms with Gasteiger partial charge in [0.05, 0.1) is 19.0 Å². The third kappa shape index (κ3) is 2.64. The highest BCUT2D eigenvalue weighted by molar-refractivity contribution is 5.89. The van der Waals surface area contributed by atoms with E-state index in [-0.39, 0.29) is 5.41 Å². The van der Waals surface area contributed by atoms with Gasteiger partial charge in [0.25, 0.3) is 0 Å². The lowest BCUT2D eigenvalue weighted by molar-refractivity contribution is -0.0653. The Kier molecular flexibility index (Phi) is 4.21. The van der Waals surface area contributed by atoms with Gasteiger partial charge in [-0.05, 0) is 30.2 Å². The molecule has 0 radical (unpaired) electrons. The molecule has 1 aliphatic rings.